The Balaban J connectivity index is 1.56. The molecular weight excluding hydrogens is 390 g/mol. The van der Waals surface area contributed by atoms with Crippen molar-refractivity contribution in [3.8, 4) is 23.0 Å². The molecule has 0 fully saturated rings. The average molecular weight is 411 g/mol. The number of benzene rings is 2. The SMILES string of the molecule is COc1cc(OC)cc(C(=O)NCC(=O)O[C@@H](C)c2nnc(-c3ccccc3)o2)c1. The molecule has 0 radical (unpaired) electrons. The van der Waals surface area contributed by atoms with E-state index in [2.05, 4.69) is 15.5 Å². The largest absolute Gasteiger partial charge is 0.497 e. The molecule has 3 aromatic rings. The minimum atomic E-state index is -0.767. The quantitative estimate of drug-likeness (QED) is 0.563. The summed E-state index contributed by atoms with van der Waals surface area (Å²) in [6.45, 7) is 1.28. The Bertz CT molecular complexity index is 996. The molecule has 1 aromatic heterocycles. The molecule has 1 N–H and O–H groups in total. The number of rotatable bonds is 8. The molecule has 1 heterocycles. The number of aromatic nitrogens is 2. The Morgan fingerprint density at radius 1 is 1.03 bits per heavy atom. The fraction of sp³-hybridized carbons (Fsp3) is 0.238. The van der Waals surface area contributed by atoms with Crippen LogP contribution in [0.3, 0.4) is 0 Å². The first kappa shape index (κ1) is 20.8. The molecule has 0 aliphatic rings. The third-order valence-electron chi connectivity index (χ3n) is 4.12. The van der Waals surface area contributed by atoms with Gasteiger partial charge in [0.25, 0.3) is 11.8 Å². The van der Waals surface area contributed by atoms with Crippen molar-refractivity contribution >= 4 is 11.9 Å². The normalized spacial score (nSPS) is 11.4. The second kappa shape index (κ2) is 9.55. The van der Waals surface area contributed by atoms with Crippen LogP contribution in [-0.2, 0) is 9.53 Å². The number of carbonyl (C=O) groups excluding carboxylic acids is 2. The number of methoxy groups -OCH3 is 2. The van der Waals surface area contributed by atoms with Crippen LogP contribution >= 0.6 is 0 Å². The predicted molar refractivity (Wildman–Crippen MR) is 106 cm³/mol. The minimum absolute atomic E-state index is 0.158. The summed E-state index contributed by atoms with van der Waals surface area (Å²) in [7, 11) is 2.96. The van der Waals surface area contributed by atoms with Crippen LogP contribution in [0.2, 0.25) is 0 Å². The molecule has 156 valence electrons. The molecule has 1 atom stereocenters. The average Bonchev–Trinajstić information content (AvgIpc) is 3.28. The van der Waals surface area contributed by atoms with Gasteiger partial charge in [0.05, 0.1) is 14.2 Å². The highest BCUT2D eigenvalue weighted by Gasteiger charge is 2.20. The monoisotopic (exact) mass is 411 g/mol. The second-order valence-corrected chi connectivity index (χ2v) is 6.23. The van der Waals surface area contributed by atoms with Crippen LogP contribution in [0.15, 0.2) is 52.9 Å². The van der Waals surface area contributed by atoms with E-state index < -0.39 is 18.0 Å². The lowest BCUT2D eigenvalue weighted by atomic mass is 10.2. The van der Waals surface area contributed by atoms with Gasteiger partial charge in [0, 0.05) is 17.2 Å². The highest BCUT2D eigenvalue weighted by atomic mass is 16.6. The molecule has 0 aliphatic heterocycles. The van der Waals surface area contributed by atoms with E-state index in [9.17, 15) is 9.59 Å². The summed E-state index contributed by atoms with van der Waals surface area (Å²) >= 11 is 0. The number of amides is 1. The molecular formula is C21H21N3O6. The predicted octanol–water partition coefficient (Wildman–Crippen LogP) is 2.79. The molecule has 1 amide bonds. The smallest absolute Gasteiger partial charge is 0.326 e. The van der Waals surface area contributed by atoms with Crippen molar-refractivity contribution < 1.29 is 28.2 Å². The Morgan fingerprint density at radius 2 is 1.70 bits per heavy atom. The number of nitrogens with zero attached hydrogens (tertiary/aromatic N) is 2. The molecule has 0 saturated heterocycles. The van der Waals surface area contributed by atoms with Crippen LogP contribution < -0.4 is 14.8 Å². The van der Waals surface area contributed by atoms with Gasteiger partial charge in [0.15, 0.2) is 6.10 Å². The molecule has 9 heteroatoms. The van der Waals surface area contributed by atoms with Gasteiger partial charge in [-0.15, -0.1) is 10.2 Å². The van der Waals surface area contributed by atoms with E-state index in [1.54, 1.807) is 13.0 Å². The Morgan fingerprint density at radius 3 is 2.33 bits per heavy atom. The van der Waals surface area contributed by atoms with Gasteiger partial charge < -0.3 is 23.9 Å². The van der Waals surface area contributed by atoms with E-state index in [-0.39, 0.29) is 18.0 Å². The third kappa shape index (κ3) is 5.13. The zero-order chi connectivity index (χ0) is 21.5. The van der Waals surface area contributed by atoms with Crippen molar-refractivity contribution in [3.63, 3.8) is 0 Å². The van der Waals surface area contributed by atoms with Gasteiger partial charge in [-0.25, -0.2) is 0 Å². The van der Waals surface area contributed by atoms with Crippen molar-refractivity contribution in [2.45, 2.75) is 13.0 Å². The molecule has 3 rings (SSSR count). The molecule has 9 nitrogen and oxygen atoms in total. The first-order valence-corrected chi connectivity index (χ1v) is 9.09. The van der Waals surface area contributed by atoms with E-state index in [4.69, 9.17) is 18.6 Å². The molecule has 0 saturated carbocycles. The first-order valence-electron chi connectivity index (χ1n) is 9.09. The van der Waals surface area contributed by atoms with Gasteiger partial charge in [-0.3, -0.25) is 9.59 Å². The summed E-state index contributed by atoms with van der Waals surface area (Å²) in [6.07, 6.45) is -0.767. The summed E-state index contributed by atoms with van der Waals surface area (Å²) in [5, 5.41) is 10.4. The molecule has 30 heavy (non-hydrogen) atoms. The lowest BCUT2D eigenvalue weighted by Crippen LogP contribution is -2.31. The molecule has 0 spiro atoms. The maximum atomic E-state index is 12.3. The number of ether oxygens (including phenoxy) is 3. The molecule has 0 aliphatic carbocycles. The van der Waals surface area contributed by atoms with Gasteiger partial charge >= 0.3 is 5.97 Å². The van der Waals surface area contributed by atoms with E-state index in [0.29, 0.717) is 17.4 Å². The number of esters is 1. The summed E-state index contributed by atoms with van der Waals surface area (Å²) in [5.74, 6) is 0.286. The second-order valence-electron chi connectivity index (χ2n) is 6.23. The van der Waals surface area contributed by atoms with Gasteiger partial charge in [0.2, 0.25) is 5.89 Å². The van der Waals surface area contributed by atoms with Crippen LogP contribution in [0, 0.1) is 0 Å². The highest BCUT2D eigenvalue weighted by molar-refractivity contribution is 5.96. The maximum absolute atomic E-state index is 12.3. The zero-order valence-corrected chi connectivity index (χ0v) is 16.7. The number of hydrogen-bond donors (Lipinski definition) is 1. The summed E-state index contributed by atoms with van der Waals surface area (Å²) in [4.78, 5) is 24.4. The minimum Gasteiger partial charge on any atom is -0.497 e. The van der Waals surface area contributed by atoms with Gasteiger partial charge in [0.1, 0.15) is 18.0 Å². The van der Waals surface area contributed by atoms with Crippen LogP contribution in [0.25, 0.3) is 11.5 Å². The van der Waals surface area contributed by atoms with E-state index in [1.807, 2.05) is 30.3 Å². The van der Waals surface area contributed by atoms with E-state index in [0.717, 1.165) is 5.56 Å². The van der Waals surface area contributed by atoms with Crippen molar-refractivity contribution in [3.05, 3.63) is 60.0 Å². The standard InChI is InChI=1S/C21H21N3O6/c1-13(20-23-24-21(30-20)14-7-5-4-6-8-14)29-18(25)12-22-19(26)15-9-16(27-2)11-17(10-15)28-3/h4-11,13H,12H2,1-3H3,(H,22,26)/t13-/m0/s1. The molecule has 0 bridgehead atoms. The third-order valence-corrected chi connectivity index (χ3v) is 4.12. The van der Waals surface area contributed by atoms with Crippen LogP contribution in [0.5, 0.6) is 11.5 Å². The lowest BCUT2D eigenvalue weighted by Gasteiger charge is -2.11. The van der Waals surface area contributed by atoms with Crippen LogP contribution in [-0.4, -0.2) is 42.8 Å². The van der Waals surface area contributed by atoms with Crippen molar-refractivity contribution in [1.29, 1.82) is 0 Å². The number of hydrogen-bond acceptors (Lipinski definition) is 8. The maximum Gasteiger partial charge on any atom is 0.326 e. The topological polar surface area (TPSA) is 113 Å². The van der Waals surface area contributed by atoms with Gasteiger partial charge in [-0.1, -0.05) is 18.2 Å². The summed E-state index contributed by atoms with van der Waals surface area (Å²) < 4.78 is 21.1. The van der Waals surface area contributed by atoms with Crippen molar-refractivity contribution in [1.82, 2.24) is 15.5 Å². The van der Waals surface area contributed by atoms with Crippen molar-refractivity contribution in [2.75, 3.05) is 20.8 Å². The van der Waals surface area contributed by atoms with Crippen LogP contribution in [0.4, 0.5) is 0 Å². The number of nitrogens with one attached hydrogen (secondary N) is 1. The lowest BCUT2D eigenvalue weighted by molar-refractivity contribution is -0.148. The van der Waals surface area contributed by atoms with Gasteiger partial charge in [-0.2, -0.15) is 0 Å². The van der Waals surface area contributed by atoms with Gasteiger partial charge in [-0.05, 0) is 31.2 Å². The zero-order valence-electron chi connectivity index (χ0n) is 16.7. The summed E-state index contributed by atoms with van der Waals surface area (Å²) in [5.41, 5.74) is 1.05. The van der Waals surface area contributed by atoms with Crippen LogP contribution in [0.1, 0.15) is 29.3 Å². The van der Waals surface area contributed by atoms with E-state index >= 15 is 0 Å². The first-order chi connectivity index (χ1) is 14.5. The summed E-state index contributed by atoms with van der Waals surface area (Å²) in [6, 6.07) is 14.0. The Hall–Kier alpha value is -3.88. The molecule has 0 unspecified atom stereocenters. The van der Waals surface area contributed by atoms with Crippen molar-refractivity contribution in [2.24, 2.45) is 0 Å². The van der Waals surface area contributed by atoms with E-state index in [1.165, 1.54) is 26.4 Å². The Labute approximate surface area is 173 Å². The molecule has 2 aromatic carbocycles. The highest BCUT2D eigenvalue weighted by Crippen LogP contribution is 2.23. The fourth-order valence-corrected chi connectivity index (χ4v) is 2.58. The number of carbonyl (C=O) groups is 2. The fourth-order valence-electron chi connectivity index (χ4n) is 2.58. The Kier molecular flexibility index (Phi) is 6.63.